The summed E-state index contributed by atoms with van der Waals surface area (Å²) in [6.07, 6.45) is -3.93. The van der Waals surface area contributed by atoms with Crippen LogP contribution in [0.5, 0.6) is 0 Å². The lowest BCUT2D eigenvalue weighted by molar-refractivity contribution is -0.137. The monoisotopic (exact) mass is 686 g/mol. The zero-order valence-electron chi connectivity index (χ0n) is 23.2. The first-order chi connectivity index (χ1) is 21.5. The SMILES string of the molecule is O=C1C2C3CC(C2C(=O)N1c1cccc(C(F)(F)F)c1)C1C(c2ccc(Cl)cc2)c2sc(=O)n(Cc4ccc(Cl)cc4)c2SC31. The molecule has 3 heterocycles. The number of halogens is 5. The van der Waals surface area contributed by atoms with Crippen molar-refractivity contribution in [1.29, 1.82) is 0 Å². The van der Waals surface area contributed by atoms with Crippen molar-refractivity contribution < 1.29 is 22.8 Å². The van der Waals surface area contributed by atoms with Gasteiger partial charge < -0.3 is 0 Å². The number of benzene rings is 3. The van der Waals surface area contributed by atoms with Crippen LogP contribution in [0.1, 0.15) is 33.9 Å². The Balaban J connectivity index is 1.21. The second kappa shape index (κ2) is 10.5. The van der Waals surface area contributed by atoms with Gasteiger partial charge in [0, 0.05) is 26.1 Å². The predicted octanol–water partition coefficient (Wildman–Crippen LogP) is 7.96. The molecule has 2 saturated carbocycles. The average Bonchev–Trinajstić information content (AvgIpc) is 3.73. The second-order valence-corrected chi connectivity index (χ2v) is 15.1. The van der Waals surface area contributed by atoms with E-state index >= 15 is 0 Å². The maximum Gasteiger partial charge on any atom is 0.416 e. The molecule has 4 aliphatic rings. The number of nitrogens with zero attached hydrogens (tertiary/aromatic N) is 2. The molecule has 0 radical (unpaired) electrons. The van der Waals surface area contributed by atoms with Gasteiger partial charge in [-0.25, -0.2) is 0 Å². The molecular weight excluding hydrogens is 664 g/mol. The van der Waals surface area contributed by atoms with Crippen molar-refractivity contribution in [3.05, 3.63) is 114 Å². The van der Waals surface area contributed by atoms with Crippen LogP contribution in [0.4, 0.5) is 18.9 Å². The first kappa shape index (κ1) is 29.4. The minimum Gasteiger partial charge on any atom is -0.289 e. The standard InChI is InChI=1S/C33H23Cl2F3N2O3S2/c34-18-8-4-15(5-9-18)14-39-31-28(45-32(39)43)23(16-6-10-19(35)11-7-16)24-21-13-22(27(24)44-31)26-25(21)29(41)40(30(26)42)20-3-1-2-17(12-20)33(36,37)38/h1-12,21-27H,13-14H2. The number of aromatic nitrogens is 1. The Kier molecular flexibility index (Phi) is 6.84. The molecular formula is C33H23Cl2F3N2O3S2. The van der Waals surface area contributed by atoms with E-state index in [2.05, 4.69) is 0 Å². The normalized spacial score (nSPS) is 28.4. The quantitative estimate of drug-likeness (QED) is 0.205. The van der Waals surface area contributed by atoms with Gasteiger partial charge >= 0.3 is 11.0 Å². The number of hydrogen-bond acceptors (Lipinski definition) is 5. The molecule has 3 fully saturated rings. The number of fused-ring (bicyclic) bond motifs is 9. The number of amides is 2. The molecule has 4 aromatic rings. The predicted molar refractivity (Wildman–Crippen MR) is 168 cm³/mol. The molecule has 8 rings (SSSR count). The van der Waals surface area contributed by atoms with Crippen LogP contribution in [0.25, 0.3) is 0 Å². The molecule has 2 bridgehead atoms. The first-order valence-corrected chi connectivity index (χ1v) is 16.9. The van der Waals surface area contributed by atoms with E-state index in [0.717, 1.165) is 38.1 Å². The number of thioether (sulfide) groups is 1. The number of rotatable bonds is 4. The number of carbonyl (C=O) groups excluding carboxylic acids is 2. The number of anilines is 1. The van der Waals surface area contributed by atoms with Crippen molar-refractivity contribution in [2.24, 2.45) is 29.6 Å². The molecule has 2 aliphatic carbocycles. The molecule has 2 aliphatic heterocycles. The minimum atomic E-state index is -4.60. The van der Waals surface area contributed by atoms with Gasteiger partial charge in [-0.15, -0.1) is 11.8 Å². The van der Waals surface area contributed by atoms with Gasteiger partial charge in [0.1, 0.15) is 0 Å². The van der Waals surface area contributed by atoms with E-state index in [0.29, 0.717) is 23.0 Å². The lowest BCUT2D eigenvalue weighted by Crippen LogP contribution is -2.43. The van der Waals surface area contributed by atoms with E-state index in [1.54, 1.807) is 28.5 Å². The molecule has 12 heteroatoms. The summed E-state index contributed by atoms with van der Waals surface area (Å²) >= 11 is 15.2. The van der Waals surface area contributed by atoms with Gasteiger partial charge in [0.05, 0.1) is 34.7 Å². The largest absolute Gasteiger partial charge is 0.416 e. The third-order valence-corrected chi connectivity index (χ3v) is 13.2. The van der Waals surface area contributed by atoms with Crippen LogP contribution in [-0.2, 0) is 22.3 Å². The topological polar surface area (TPSA) is 59.4 Å². The van der Waals surface area contributed by atoms with Gasteiger partial charge in [-0.3, -0.25) is 23.9 Å². The van der Waals surface area contributed by atoms with Crippen molar-refractivity contribution in [3.63, 3.8) is 0 Å². The summed E-state index contributed by atoms with van der Waals surface area (Å²) in [6, 6.07) is 19.3. The molecule has 0 N–H and O–H groups in total. The molecule has 230 valence electrons. The van der Waals surface area contributed by atoms with E-state index < -0.39 is 35.4 Å². The van der Waals surface area contributed by atoms with E-state index in [1.165, 1.54) is 23.5 Å². The summed E-state index contributed by atoms with van der Waals surface area (Å²) in [5.74, 6) is -2.69. The zero-order chi connectivity index (χ0) is 31.4. The zero-order valence-corrected chi connectivity index (χ0v) is 26.4. The number of alkyl halides is 3. The van der Waals surface area contributed by atoms with Gasteiger partial charge in [0.2, 0.25) is 11.8 Å². The van der Waals surface area contributed by atoms with E-state index in [9.17, 15) is 27.6 Å². The Bertz CT molecular complexity index is 1920. The van der Waals surface area contributed by atoms with Gasteiger partial charge in [-0.05, 0) is 77.8 Å². The van der Waals surface area contributed by atoms with Gasteiger partial charge in [0.15, 0.2) is 0 Å². The highest BCUT2D eigenvalue weighted by atomic mass is 35.5. The summed E-state index contributed by atoms with van der Waals surface area (Å²) in [5, 5.41) is 1.98. The van der Waals surface area contributed by atoms with Gasteiger partial charge in [0.25, 0.3) is 0 Å². The van der Waals surface area contributed by atoms with Gasteiger partial charge in [-0.2, -0.15) is 13.2 Å². The Labute approximate surface area is 273 Å². The van der Waals surface area contributed by atoms with Crippen molar-refractivity contribution in [2.75, 3.05) is 4.90 Å². The van der Waals surface area contributed by atoms with Crippen molar-refractivity contribution in [1.82, 2.24) is 4.57 Å². The summed E-state index contributed by atoms with van der Waals surface area (Å²) < 4.78 is 42.4. The third-order valence-electron chi connectivity index (χ3n) is 9.86. The highest BCUT2D eigenvalue weighted by Gasteiger charge is 2.70. The number of thiazole rings is 1. The molecule has 5 nitrogen and oxygen atoms in total. The highest BCUT2D eigenvalue weighted by molar-refractivity contribution is 8.00. The van der Waals surface area contributed by atoms with Crippen LogP contribution >= 0.6 is 46.3 Å². The molecule has 3 aromatic carbocycles. The smallest absolute Gasteiger partial charge is 0.289 e. The Morgan fingerprint density at radius 2 is 1.49 bits per heavy atom. The molecule has 2 amide bonds. The summed E-state index contributed by atoms with van der Waals surface area (Å²) in [7, 11) is 0. The first-order valence-electron chi connectivity index (χ1n) is 14.5. The van der Waals surface area contributed by atoms with Crippen LogP contribution in [0.3, 0.4) is 0 Å². The fourth-order valence-corrected chi connectivity index (χ4v) is 11.5. The molecule has 1 aromatic heterocycles. The molecule has 0 spiro atoms. The summed E-state index contributed by atoms with van der Waals surface area (Å²) in [6.45, 7) is 0.362. The van der Waals surface area contributed by atoms with Crippen molar-refractivity contribution >= 4 is 63.8 Å². The molecule has 7 atom stereocenters. The van der Waals surface area contributed by atoms with Gasteiger partial charge in [-0.1, -0.05) is 64.9 Å². The Morgan fingerprint density at radius 1 is 0.844 bits per heavy atom. The maximum atomic E-state index is 14.0. The number of hydrogen-bond donors (Lipinski definition) is 0. The van der Waals surface area contributed by atoms with E-state index in [1.807, 2.05) is 36.4 Å². The number of carbonyl (C=O) groups is 2. The van der Waals surface area contributed by atoms with E-state index in [-0.39, 0.29) is 39.5 Å². The summed E-state index contributed by atoms with van der Waals surface area (Å²) in [5.41, 5.74) is 0.950. The van der Waals surface area contributed by atoms with Crippen LogP contribution in [0.2, 0.25) is 10.0 Å². The van der Waals surface area contributed by atoms with Crippen molar-refractivity contribution in [2.45, 2.75) is 35.3 Å². The van der Waals surface area contributed by atoms with Crippen LogP contribution in [0, 0.1) is 29.6 Å². The summed E-state index contributed by atoms with van der Waals surface area (Å²) in [4.78, 5) is 43.3. The fraction of sp³-hybridized carbons (Fsp3) is 0.303. The lowest BCUT2D eigenvalue weighted by atomic mass is 9.68. The van der Waals surface area contributed by atoms with E-state index in [4.69, 9.17) is 23.2 Å². The van der Waals surface area contributed by atoms with Crippen LogP contribution < -0.4 is 9.77 Å². The fourth-order valence-electron chi connectivity index (χ4n) is 8.15. The van der Waals surface area contributed by atoms with Crippen LogP contribution in [0.15, 0.2) is 82.6 Å². The Morgan fingerprint density at radius 3 is 2.16 bits per heavy atom. The van der Waals surface area contributed by atoms with Crippen molar-refractivity contribution in [3.8, 4) is 0 Å². The Hall–Kier alpha value is -3.05. The molecule has 1 saturated heterocycles. The third kappa shape index (κ3) is 4.54. The molecule has 7 unspecified atom stereocenters. The average molecular weight is 688 g/mol. The maximum absolute atomic E-state index is 14.0. The minimum absolute atomic E-state index is 0.0461. The lowest BCUT2D eigenvalue weighted by Gasteiger charge is -2.43. The second-order valence-electron chi connectivity index (χ2n) is 12.1. The van der Waals surface area contributed by atoms with Crippen LogP contribution in [-0.4, -0.2) is 21.6 Å². The molecule has 45 heavy (non-hydrogen) atoms. The highest BCUT2D eigenvalue weighted by Crippen LogP contribution is 2.69. The number of imide groups is 1.